The van der Waals surface area contributed by atoms with Crippen LogP contribution < -0.4 is 11.1 Å². The van der Waals surface area contributed by atoms with Crippen LogP contribution in [0.3, 0.4) is 0 Å². The van der Waals surface area contributed by atoms with Crippen LogP contribution in [0.25, 0.3) is 0 Å². The van der Waals surface area contributed by atoms with Crippen molar-refractivity contribution in [2.45, 2.75) is 57.5 Å². The molecule has 0 aromatic heterocycles. The number of carbonyl (C=O) groups is 2. The van der Waals surface area contributed by atoms with E-state index in [0.717, 1.165) is 25.7 Å². The van der Waals surface area contributed by atoms with Crippen LogP contribution in [0, 0.1) is 0 Å². The number of benzene rings is 1. The fourth-order valence-corrected chi connectivity index (χ4v) is 3.30. The highest BCUT2D eigenvalue weighted by molar-refractivity contribution is 5.99. The van der Waals surface area contributed by atoms with Crippen LogP contribution in [-0.2, 0) is 4.79 Å². The summed E-state index contributed by atoms with van der Waals surface area (Å²) in [6.07, 6.45) is 4.50. The first-order chi connectivity index (χ1) is 11.5. The summed E-state index contributed by atoms with van der Waals surface area (Å²) in [7, 11) is 0. The summed E-state index contributed by atoms with van der Waals surface area (Å²) in [4.78, 5) is 27.4. The van der Waals surface area contributed by atoms with Crippen LogP contribution in [-0.4, -0.2) is 41.4 Å². The molecular formula is C19H29N3O2. The van der Waals surface area contributed by atoms with Crippen molar-refractivity contribution >= 4 is 11.8 Å². The first-order valence-electron chi connectivity index (χ1n) is 8.91. The molecule has 1 aliphatic heterocycles. The number of rotatable bonds is 7. The highest BCUT2D eigenvalue weighted by Crippen LogP contribution is 2.31. The summed E-state index contributed by atoms with van der Waals surface area (Å²) in [6.45, 7) is 5.02. The van der Waals surface area contributed by atoms with E-state index in [1.807, 2.05) is 25.1 Å². The highest BCUT2D eigenvalue weighted by atomic mass is 16.2. The van der Waals surface area contributed by atoms with Crippen molar-refractivity contribution in [1.29, 1.82) is 0 Å². The van der Waals surface area contributed by atoms with Gasteiger partial charge in [-0.1, -0.05) is 38.0 Å². The van der Waals surface area contributed by atoms with Crippen molar-refractivity contribution in [3.63, 3.8) is 0 Å². The van der Waals surface area contributed by atoms with E-state index in [1.165, 1.54) is 0 Å². The van der Waals surface area contributed by atoms with E-state index in [4.69, 9.17) is 5.73 Å². The molecule has 1 aromatic rings. The SMILES string of the molecule is CCCCC(CN)NC(=O)C1(C)CCCN1C(=O)c1ccccc1. The Morgan fingerprint density at radius 3 is 2.67 bits per heavy atom. The Morgan fingerprint density at radius 1 is 1.33 bits per heavy atom. The van der Waals surface area contributed by atoms with Gasteiger partial charge in [0, 0.05) is 24.7 Å². The topological polar surface area (TPSA) is 75.4 Å². The van der Waals surface area contributed by atoms with E-state index in [0.29, 0.717) is 25.1 Å². The van der Waals surface area contributed by atoms with Gasteiger partial charge in [0.2, 0.25) is 5.91 Å². The van der Waals surface area contributed by atoms with Crippen molar-refractivity contribution in [2.24, 2.45) is 5.73 Å². The lowest BCUT2D eigenvalue weighted by atomic mass is 9.95. The molecule has 1 heterocycles. The van der Waals surface area contributed by atoms with E-state index in [1.54, 1.807) is 17.0 Å². The molecule has 3 N–H and O–H groups in total. The van der Waals surface area contributed by atoms with Gasteiger partial charge in [-0.2, -0.15) is 0 Å². The van der Waals surface area contributed by atoms with Gasteiger partial charge in [-0.15, -0.1) is 0 Å². The van der Waals surface area contributed by atoms with Crippen molar-refractivity contribution < 1.29 is 9.59 Å². The van der Waals surface area contributed by atoms with Crippen molar-refractivity contribution in [2.75, 3.05) is 13.1 Å². The number of likely N-dealkylation sites (tertiary alicyclic amines) is 1. The van der Waals surface area contributed by atoms with Gasteiger partial charge in [0.05, 0.1) is 0 Å². The summed E-state index contributed by atoms with van der Waals surface area (Å²) in [5.74, 6) is -0.167. The number of nitrogens with two attached hydrogens (primary N) is 1. The van der Waals surface area contributed by atoms with Crippen molar-refractivity contribution in [1.82, 2.24) is 10.2 Å². The molecule has 1 saturated heterocycles. The van der Waals surface area contributed by atoms with Crippen LogP contribution in [0.2, 0.25) is 0 Å². The second-order valence-corrected chi connectivity index (χ2v) is 6.75. The van der Waals surface area contributed by atoms with E-state index in [2.05, 4.69) is 12.2 Å². The van der Waals surface area contributed by atoms with Crippen molar-refractivity contribution in [3.05, 3.63) is 35.9 Å². The Labute approximate surface area is 144 Å². The van der Waals surface area contributed by atoms with Gasteiger partial charge in [0.25, 0.3) is 5.91 Å². The molecular weight excluding hydrogens is 302 g/mol. The highest BCUT2D eigenvalue weighted by Gasteiger charge is 2.46. The molecule has 1 fully saturated rings. The molecule has 2 rings (SSSR count). The number of hydrogen-bond donors (Lipinski definition) is 2. The van der Waals surface area contributed by atoms with Gasteiger partial charge in [-0.3, -0.25) is 9.59 Å². The van der Waals surface area contributed by atoms with Gasteiger partial charge in [-0.05, 0) is 38.3 Å². The summed E-state index contributed by atoms with van der Waals surface area (Å²) < 4.78 is 0. The van der Waals surface area contributed by atoms with Crippen LogP contribution in [0.4, 0.5) is 0 Å². The van der Waals surface area contributed by atoms with Crippen molar-refractivity contribution in [3.8, 4) is 0 Å². The molecule has 2 amide bonds. The zero-order valence-corrected chi connectivity index (χ0v) is 14.8. The Balaban J connectivity index is 2.11. The monoisotopic (exact) mass is 331 g/mol. The Hall–Kier alpha value is -1.88. The molecule has 5 nitrogen and oxygen atoms in total. The fraction of sp³-hybridized carbons (Fsp3) is 0.579. The number of hydrogen-bond acceptors (Lipinski definition) is 3. The molecule has 2 atom stereocenters. The molecule has 24 heavy (non-hydrogen) atoms. The maximum absolute atomic E-state index is 12.9. The average molecular weight is 331 g/mol. The lowest BCUT2D eigenvalue weighted by Gasteiger charge is -2.35. The Morgan fingerprint density at radius 2 is 2.04 bits per heavy atom. The molecule has 0 radical (unpaired) electrons. The molecule has 0 aliphatic carbocycles. The maximum Gasteiger partial charge on any atom is 0.254 e. The standard InChI is InChI=1S/C19H29N3O2/c1-3-4-11-16(14-20)21-18(24)19(2)12-8-13-22(19)17(23)15-9-6-5-7-10-15/h5-7,9-10,16H,3-4,8,11-14,20H2,1-2H3,(H,21,24). The molecule has 2 unspecified atom stereocenters. The number of nitrogens with one attached hydrogen (secondary N) is 1. The lowest BCUT2D eigenvalue weighted by Crippen LogP contribution is -2.58. The number of unbranched alkanes of at least 4 members (excludes halogenated alkanes) is 1. The van der Waals surface area contributed by atoms with Crippen LogP contribution in [0.15, 0.2) is 30.3 Å². The normalized spacial score (nSPS) is 21.5. The van der Waals surface area contributed by atoms with Gasteiger partial charge in [0.1, 0.15) is 5.54 Å². The van der Waals surface area contributed by atoms with E-state index >= 15 is 0 Å². The number of carbonyl (C=O) groups excluding carboxylic acids is 2. The second kappa shape index (κ2) is 8.29. The molecule has 5 heteroatoms. The third kappa shape index (κ3) is 3.96. The van der Waals surface area contributed by atoms with Crippen LogP contribution in [0.5, 0.6) is 0 Å². The molecule has 132 valence electrons. The minimum atomic E-state index is -0.799. The Bertz CT molecular complexity index is 561. The summed E-state index contributed by atoms with van der Waals surface area (Å²) in [5, 5.41) is 3.06. The van der Waals surface area contributed by atoms with Gasteiger partial charge in [-0.25, -0.2) is 0 Å². The van der Waals surface area contributed by atoms with Crippen LogP contribution >= 0.6 is 0 Å². The third-order valence-electron chi connectivity index (χ3n) is 4.92. The van der Waals surface area contributed by atoms with Gasteiger partial charge in [0.15, 0.2) is 0 Å². The van der Waals surface area contributed by atoms with Gasteiger partial charge >= 0.3 is 0 Å². The maximum atomic E-state index is 12.9. The van der Waals surface area contributed by atoms with E-state index in [9.17, 15) is 9.59 Å². The Kier molecular flexibility index (Phi) is 6.37. The molecule has 0 saturated carbocycles. The summed E-state index contributed by atoms with van der Waals surface area (Å²) >= 11 is 0. The van der Waals surface area contributed by atoms with E-state index in [-0.39, 0.29) is 17.9 Å². The summed E-state index contributed by atoms with van der Waals surface area (Å²) in [6, 6.07) is 9.13. The second-order valence-electron chi connectivity index (χ2n) is 6.75. The molecule has 1 aliphatic rings. The van der Waals surface area contributed by atoms with Crippen LogP contribution in [0.1, 0.15) is 56.3 Å². The van der Waals surface area contributed by atoms with E-state index < -0.39 is 5.54 Å². The lowest BCUT2D eigenvalue weighted by molar-refractivity contribution is -0.130. The zero-order chi connectivity index (χ0) is 17.6. The molecule has 0 spiro atoms. The zero-order valence-electron chi connectivity index (χ0n) is 14.8. The predicted octanol–water partition coefficient (Wildman–Crippen LogP) is 2.31. The summed E-state index contributed by atoms with van der Waals surface area (Å²) in [5.41, 5.74) is 5.62. The first kappa shape index (κ1) is 18.5. The molecule has 0 bridgehead atoms. The number of amides is 2. The fourth-order valence-electron chi connectivity index (χ4n) is 3.30. The predicted molar refractivity (Wildman–Crippen MR) is 95.6 cm³/mol. The molecule has 1 aromatic carbocycles. The average Bonchev–Trinajstić information content (AvgIpc) is 3.01. The third-order valence-corrected chi connectivity index (χ3v) is 4.92. The quantitative estimate of drug-likeness (QED) is 0.805. The first-order valence-corrected chi connectivity index (χ1v) is 8.91. The van der Waals surface area contributed by atoms with Gasteiger partial charge < -0.3 is 16.0 Å². The number of nitrogens with zero attached hydrogens (tertiary/aromatic N) is 1. The largest absolute Gasteiger partial charge is 0.350 e. The minimum absolute atomic E-state index is 0.0245. The minimum Gasteiger partial charge on any atom is -0.350 e. The smallest absolute Gasteiger partial charge is 0.254 e.